The van der Waals surface area contributed by atoms with Crippen molar-refractivity contribution in [3.63, 3.8) is 0 Å². The van der Waals surface area contributed by atoms with E-state index in [4.69, 9.17) is 20.9 Å². The normalized spacial score (nSPS) is 25.3. The van der Waals surface area contributed by atoms with Crippen molar-refractivity contribution in [3.8, 4) is 0 Å². The summed E-state index contributed by atoms with van der Waals surface area (Å²) in [5.41, 5.74) is 0.503. The van der Waals surface area contributed by atoms with Crippen LogP contribution in [0.25, 0.3) is 0 Å². The minimum Gasteiger partial charge on any atom is -0.399 e. The van der Waals surface area contributed by atoms with Crippen molar-refractivity contribution in [2.45, 2.75) is 51.9 Å². The van der Waals surface area contributed by atoms with Crippen LogP contribution in [0.15, 0.2) is 18.2 Å². The van der Waals surface area contributed by atoms with Crippen molar-refractivity contribution in [2.75, 3.05) is 19.6 Å². The first-order valence-corrected chi connectivity index (χ1v) is 9.16. The first kappa shape index (κ1) is 18.7. The molecule has 1 aromatic carbocycles. The molecule has 5 nitrogen and oxygen atoms in total. The van der Waals surface area contributed by atoms with Crippen molar-refractivity contribution in [2.24, 2.45) is 0 Å². The molecule has 0 aromatic heterocycles. The van der Waals surface area contributed by atoms with E-state index in [1.54, 1.807) is 12.1 Å². The monoisotopic (exact) mass is 364 g/mol. The topological polar surface area (TPSA) is 50.8 Å². The summed E-state index contributed by atoms with van der Waals surface area (Å²) in [5, 5.41) is 3.83. The van der Waals surface area contributed by atoms with Crippen molar-refractivity contribution >= 4 is 30.1 Å². The number of carbonyl (C=O) groups is 1. The van der Waals surface area contributed by atoms with Crippen LogP contribution in [0.4, 0.5) is 0 Å². The highest BCUT2D eigenvalue weighted by atomic mass is 35.5. The first-order valence-electron chi connectivity index (χ1n) is 8.78. The third-order valence-electron chi connectivity index (χ3n) is 5.41. The third-order valence-corrected chi connectivity index (χ3v) is 5.74. The molecule has 136 valence electrons. The summed E-state index contributed by atoms with van der Waals surface area (Å²) in [4.78, 5) is 14.6. The average Bonchev–Trinajstić information content (AvgIpc) is 2.74. The molecule has 0 spiro atoms. The maximum Gasteiger partial charge on any atom is 0.496 e. The lowest BCUT2D eigenvalue weighted by molar-refractivity contribution is 0.00578. The summed E-state index contributed by atoms with van der Waals surface area (Å²) in [5.74, 6) is 0.00992. The van der Waals surface area contributed by atoms with Gasteiger partial charge in [-0.15, -0.1) is 0 Å². The number of nitrogens with zero attached hydrogens (tertiary/aromatic N) is 1. The predicted octanol–water partition coefficient (Wildman–Crippen LogP) is 2.07. The standard InChI is InChI=1S/C18H26BClN2O3/c1-12-11-22(9-8-21-12)16(23)13-6-7-14(15(20)10-13)19-24-17(2,3)18(4,5)25-19/h6-7,10,12,21H,8-9,11H2,1-5H3/t12-/m0/s1. The summed E-state index contributed by atoms with van der Waals surface area (Å²) in [6, 6.07) is 5.67. The third kappa shape index (κ3) is 3.58. The predicted molar refractivity (Wildman–Crippen MR) is 101 cm³/mol. The second kappa shape index (κ2) is 6.58. The molecule has 2 heterocycles. The van der Waals surface area contributed by atoms with E-state index in [1.807, 2.05) is 38.7 Å². The van der Waals surface area contributed by atoms with Gasteiger partial charge >= 0.3 is 7.12 Å². The maximum atomic E-state index is 12.7. The second-order valence-electron chi connectivity index (χ2n) is 7.93. The fourth-order valence-electron chi connectivity index (χ4n) is 3.12. The van der Waals surface area contributed by atoms with Crippen LogP contribution in [0, 0.1) is 0 Å². The van der Waals surface area contributed by atoms with Gasteiger partial charge in [-0.2, -0.15) is 0 Å². The molecule has 0 aliphatic carbocycles. The van der Waals surface area contributed by atoms with Crippen molar-refractivity contribution in [1.29, 1.82) is 0 Å². The molecule has 25 heavy (non-hydrogen) atoms. The molecule has 0 bridgehead atoms. The van der Waals surface area contributed by atoms with E-state index in [0.29, 0.717) is 29.7 Å². The molecule has 2 fully saturated rings. The molecule has 1 atom stereocenters. The fourth-order valence-corrected chi connectivity index (χ4v) is 3.39. The van der Waals surface area contributed by atoms with Crippen LogP contribution in [0.5, 0.6) is 0 Å². The molecule has 7 heteroatoms. The van der Waals surface area contributed by atoms with E-state index in [0.717, 1.165) is 12.0 Å². The van der Waals surface area contributed by atoms with Gasteiger partial charge in [0, 0.05) is 41.7 Å². The van der Waals surface area contributed by atoms with Crippen LogP contribution < -0.4 is 10.8 Å². The number of rotatable bonds is 2. The smallest absolute Gasteiger partial charge is 0.399 e. The van der Waals surface area contributed by atoms with Gasteiger partial charge in [-0.3, -0.25) is 4.79 Å². The number of nitrogens with one attached hydrogen (secondary N) is 1. The zero-order valence-corrected chi connectivity index (χ0v) is 16.3. The Kier molecular flexibility index (Phi) is 4.92. The lowest BCUT2D eigenvalue weighted by Gasteiger charge is -2.32. The second-order valence-corrected chi connectivity index (χ2v) is 8.34. The van der Waals surface area contributed by atoms with E-state index >= 15 is 0 Å². The Morgan fingerprint density at radius 2 is 1.92 bits per heavy atom. The molecule has 1 aromatic rings. The molecule has 0 radical (unpaired) electrons. The Morgan fingerprint density at radius 3 is 2.48 bits per heavy atom. The van der Waals surface area contributed by atoms with E-state index in [-0.39, 0.29) is 5.91 Å². The summed E-state index contributed by atoms with van der Waals surface area (Å²) in [6.45, 7) is 12.3. The molecule has 2 aliphatic rings. The average molecular weight is 365 g/mol. The quantitative estimate of drug-likeness (QED) is 0.816. The van der Waals surface area contributed by atoms with Crippen LogP contribution >= 0.6 is 11.6 Å². The number of benzene rings is 1. The van der Waals surface area contributed by atoms with E-state index in [9.17, 15) is 4.79 Å². The van der Waals surface area contributed by atoms with Gasteiger partial charge in [-0.05, 0) is 46.8 Å². The number of amides is 1. The van der Waals surface area contributed by atoms with Gasteiger partial charge in [-0.1, -0.05) is 17.7 Å². The molecular formula is C18H26BClN2O3. The SMILES string of the molecule is C[C@H]1CN(C(=O)c2ccc(B3OC(C)(C)C(C)(C)O3)c(Cl)c2)CCN1. The van der Waals surface area contributed by atoms with Crippen LogP contribution in [0.2, 0.25) is 5.02 Å². The van der Waals surface area contributed by atoms with Crippen molar-refractivity contribution < 1.29 is 14.1 Å². The molecule has 1 N–H and O–H groups in total. The van der Waals surface area contributed by atoms with E-state index in [2.05, 4.69) is 12.2 Å². The van der Waals surface area contributed by atoms with Crippen LogP contribution in [0.3, 0.4) is 0 Å². The lowest BCUT2D eigenvalue weighted by Crippen LogP contribution is -2.51. The molecule has 2 saturated heterocycles. The van der Waals surface area contributed by atoms with Crippen LogP contribution in [-0.4, -0.2) is 54.8 Å². The van der Waals surface area contributed by atoms with Gasteiger partial charge in [0.05, 0.1) is 11.2 Å². The molecule has 1 amide bonds. The van der Waals surface area contributed by atoms with Crippen LogP contribution in [-0.2, 0) is 9.31 Å². The summed E-state index contributed by atoms with van der Waals surface area (Å²) in [7, 11) is -0.527. The highest BCUT2D eigenvalue weighted by Gasteiger charge is 2.52. The minimum absolute atomic E-state index is 0.00992. The molecule has 3 rings (SSSR count). The number of hydrogen-bond acceptors (Lipinski definition) is 4. The van der Waals surface area contributed by atoms with Gasteiger partial charge in [0.25, 0.3) is 5.91 Å². The Hall–Kier alpha value is -1.08. The van der Waals surface area contributed by atoms with Gasteiger partial charge in [-0.25, -0.2) is 0 Å². The summed E-state index contributed by atoms with van der Waals surface area (Å²) in [6.07, 6.45) is 0. The highest BCUT2D eigenvalue weighted by Crippen LogP contribution is 2.37. The van der Waals surface area contributed by atoms with Crippen LogP contribution in [0.1, 0.15) is 45.0 Å². The Bertz CT molecular complexity index is 664. The van der Waals surface area contributed by atoms with Crippen molar-refractivity contribution in [3.05, 3.63) is 28.8 Å². The Morgan fingerprint density at radius 1 is 1.28 bits per heavy atom. The van der Waals surface area contributed by atoms with Gasteiger partial charge in [0.1, 0.15) is 0 Å². The Balaban J connectivity index is 1.79. The lowest BCUT2D eigenvalue weighted by atomic mass is 9.78. The maximum absolute atomic E-state index is 12.7. The van der Waals surface area contributed by atoms with Gasteiger partial charge < -0.3 is 19.5 Å². The van der Waals surface area contributed by atoms with E-state index < -0.39 is 18.3 Å². The number of hydrogen-bond donors (Lipinski definition) is 1. The summed E-state index contributed by atoms with van der Waals surface area (Å²) < 4.78 is 12.1. The molecular weight excluding hydrogens is 338 g/mol. The molecule has 0 saturated carbocycles. The van der Waals surface area contributed by atoms with Gasteiger partial charge in [0.2, 0.25) is 0 Å². The fraction of sp³-hybridized carbons (Fsp3) is 0.611. The number of piperazine rings is 1. The largest absolute Gasteiger partial charge is 0.496 e. The molecule has 2 aliphatic heterocycles. The number of halogens is 1. The van der Waals surface area contributed by atoms with Crippen molar-refractivity contribution in [1.82, 2.24) is 10.2 Å². The minimum atomic E-state index is -0.527. The zero-order valence-electron chi connectivity index (χ0n) is 15.6. The first-order chi connectivity index (χ1) is 11.6. The molecule has 0 unspecified atom stereocenters. The zero-order chi connectivity index (χ0) is 18.4. The highest BCUT2D eigenvalue weighted by molar-refractivity contribution is 6.65. The number of carbonyl (C=O) groups excluding carboxylic acids is 1. The van der Waals surface area contributed by atoms with E-state index in [1.165, 1.54) is 0 Å². The Labute approximate surface area is 155 Å². The summed E-state index contributed by atoms with van der Waals surface area (Å²) >= 11 is 6.46. The van der Waals surface area contributed by atoms with Gasteiger partial charge in [0.15, 0.2) is 0 Å².